The molecule has 0 bridgehead atoms. The maximum atomic E-state index is 12.2. The zero-order valence-corrected chi connectivity index (χ0v) is 16.1. The van der Waals surface area contributed by atoms with Gasteiger partial charge in [-0.2, -0.15) is 5.10 Å². The third-order valence-corrected chi connectivity index (χ3v) is 4.49. The van der Waals surface area contributed by atoms with E-state index in [1.807, 2.05) is 49.4 Å². The van der Waals surface area contributed by atoms with Gasteiger partial charge in [-0.25, -0.2) is 5.01 Å². The van der Waals surface area contributed by atoms with Crippen LogP contribution in [0.2, 0.25) is 0 Å². The Morgan fingerprint density at radius 2 is 1.70 bits per heavy atom. The lowest BCUT2D eigenvalue weighted by Gasteiger charge is -2.21. The summed E-state index contributed by atoms with van der Waals surface area (Å²) >= 11 is 0. The van der Waals surface area contributed by atoms with Gasteiger partial charge in [-0.15, -0.1) is 0 Å². The third kappa shape index (κ3) is 4.05. The Labute approximate surface area is 159 Å². The zero-order chi connectivity index (χ0) is 19.4. The fourth-order valence-corrected chi connectivity index (χ4v) is 3.17. The van der Waals surface area contributed by atoms with E-state index in [1.165, 1.54) is 11.9 Å². The van der Waals surface area contributed by atoms with Gasteiger partial charge >= 0.3 is 0 Å². The Bertz CT molecular complexity index is 824. The molecule has 3 rings (SSSR count). The second-order valence-electron chi connectivity index (χ2n) is 6.23. The molecule has 2 aromatic rings. The highest BCUT2D eigenvalue weighted by Crippen LogP contribution is 2.36. The molecule has 0 radical (unpaired) electrons. The molecule has 1 aliphatic rings. The number of carbonyl (C=O) groups is 1. The Morgan fingerprint density at radius 3 is 2.22 bits per heavy atom. The van der Waals surface area contributed by atoms with Crippen LogP contribution < -0.4 is 14.2 Å². The van der Waals surface area contributed by atoms with E-state index in [2.05, 4.69) is 5.10 Å². The molecule has 1 aliphatic heterocycles. The van der Waals surface area contributed by atoms with Crippen LogP contribution in [0.3, 0.4) is 0 Å². The standard InChI is InChI=1S/C21H24N2O4/c1-5-27-17-8-6-15(7-9-17)20-13-21(23(22-20)14(2)24)16-10-18(25-3)12-19(11-16)26-4/h6-12,21H,5,13H2,1-4H3/t21-/m1/s1. The number of ether oxygens (including phenoxy) is 3. The number of rotatable bonds is 6. The number of carbonyl (C=O) groups excluding carboxylic acids is 1. The zero-order valence-electron chi connectivity index (χ0n) is 16.1. The second-order valence-corrected chi connectivity index (χ2v) is 6.23. The average molecular weight is 368 g/mol. The van der Waals surface area contributed by atoms with Crippen molar-refractivity contribution in [2.24, 2.45) is 5.10 Å². The van der Waals surface area contributed by atoms with Crippen LogP contribution in [0.15, 0.2) is 47.6 Å². The number of hydrazone groups is 1. The first-order chi connectivity index (χ1) is 13.0. The van der Waals surface area contributed by atoms with Gasteiger partial charge < -0.3 is 14.2 Å². The van der Waals surface area contributed by atoms with Crippen LogP contribution in [0, 0.1) is 0 Å². The molecule has 0 aliphatic carbocycles. The Morgan fingerprint density at radius 1 is 1.07 bits per heavy atom. The lowest BCUT2D eigenvalue weighted by atomic mass is 9.98. The molecule has 0 aromatic heterocycles. The maximum Gasteiger partial charge on any atom is 0.240 e. The van der Waals surface area contributed by atoms with Crippen molar-refractivity contribution < 1.29 is 19.0 Å². The van der Waals surface area contributed by atoms with E-state index in [0.29, 0.717) is 24.5 Å². The molecule has 6 heteroatoms. The summed E-state index contributed by atoms with van der Waals surface area (Å²) < 4.78 is 16.2. The third-order valence-electron chi connectivity index (χ3n) is 4.49. The van der Waals surface area contributed by atoms with Crippen molar-refractivity contribution in [2.75, 3.05) is 20.8 Å². The summed E-state index contributed by atoms with van der Waals surface area (Å²) in [5.41, 5.74) is 2.76. The van der Waals surface area contributed by atoms with E-state index >= 15 is 0 Å². The Kier molecular flexibility index (Phi) is 5.64. The van der Waals surface area contributed by atoms with Gasteiger partial charge in [0.05, 0.1) is 32.6 Å². The van der Waals surface area contributed by atoms with Gasteiger partial charge in [-0.3, -0.25) is 4.79 Å². The van der Waals surface area contributed by atoms with E-state index in [4.69, 9.17) is 14.2 Å². The quantitative estimate of drug-likeness (QED) is 0.778. The maximum absolute atomic E-state index is 12.2. The van der Waals surface area contributed by atoms with Crippen molar-refractivity contribution in [1.29, 1.82) is 0 Å². The fraction of sp³-hybridized carbons (Fsp3) is 0.333. The molecular weight excluding hydrogens is 344 g/mol. The fourth-order valence-electron chi connectivity index (χ4n) is 3.17. The van der Waals surface area contributed by atoms with Crippen molar-refractivity contribution in [3.8, 4) is 17.2 Å². The summed E-state index contributed by atoms with van der Waals surface area (Å²) in [6, 6.07) is 13.2. The number of nitrogens with zero attached hydrogens (tertiary/aromatic N) is 2. The van der Waals surface area contributed by atoms with Gasteiger partial charge in [0.2, 0.25) is 5.91 Å². The van der Waals surface area contributed by atoms with Crippen molar-refractivity contribution in [2.45, 2.75) is 26.3 Å². The van der Waals surface area contributed by atoms with Crippen molar-refractivity contribution in [3.05, 3.63) is 53.6 Å². The van der Waals surface area contributed by atoms with E-state index < -0.39 is 0 Å². The normalized spacial score (nSPS) is 16.1. The van der Waals surface area contributed by atoms with Crippen LogP contribution in [-0.4, -0.2) is 37.5 Å². The van der Waals surface area contributed by atoms with Crippen LogP contribution in [0.25, 0.3) is 0 Å². The van der Waals surface area contributed by atoms with E-state index in [0.717, 1.165) is 22.6 Å². The average Bonchev–Trinajstić information content (AvgIpc) is 3.14. The predicted molar refractivity (Wildman–Crippen MR) is 104 cm³/mol. The van der Waals surface area contributed by atoms with Gasteiger partial charge in [-0.1, -0.05) is 0 Å². The van der Waals surface area contributed by atoms with Gasteiger partial charge in [0.1, 0.15) is 17.2 Å². The number of methoxy groups -OCH3 is 2. The SMILES string of the molecule is CCOc1ccc(C2=NN(C(C)=O)[C@@H](c3cc(OC)cc(OC)c3)C2)cc1. The number of hydrogen-bond donors (Lipinski definition) is 0. The Balaban J connectivity index is 1.91. The topological polar surface area (TPSA) is 60.4 Å². The van der Waals surface area contributed by atoms with Crippen LogP contribution in [0.4, 0.5) is 0 Å². The molecule has 1 atom stereocenters. The second kappa shape index (κ2) is 8.12. The highest BCUT2D eigenvalue weighted by atomic mass is 16.5. The number of hydrogen-bond acceptors (Lipinski definition) is 5. The molecule has 0 saturated carbocycles. The molecule has 0 spiro atoms. The van der Waals surface area contributed by atoms with Crippen molar-refractivity contribution in [1.82, 2.24) is 5.01 Å². The van der Waals surface area contributed by atoms with Crippen LogP contribution in [-0.2, 0) is 4.79 Å². The molecule has 1 heterocycles. The molecule has 0 fully saturated rings. The molecule has 0 N–H and O–H groups in total. The van der Waals surface area contributed by atoms with Crippen LogP contribution >= 0.6 is 0 Å². The summed E-state index contributed by atoms with van der Waals surface area (Å²) in [5, 5.41) is 6.11. The van der Waals surface area contributed by atoms with Crippen molar-refractivity contribution >= 4 is 11.6 Å². The minimum Gasteiger partial charge on any atom is -0.497 e. The van der Waals surface area contributed by atoms with Crippen LogP contribution in [0.1, 0.15) is 37.4 Å². The van der Waals surface area contributed by atoms with Gasteiger partial charge in [-0.05, 0) is 54.4 Å². The lowest BCUT2D eigenvalue weighted by Crippen LogP contribution is -2.24. The largest absolute Gasteiger partial charge is 0.497 e. The van der Waals surface area contributed by atoms with Gasteiger partial charge in [0, 0.05) is 19.4 Å². The van der Waals surface area contributed by atoms with Gasteiger partial charge in [0.15, 0.2) is 0 Å². The lowest BCUT2D eigenvalue weighted by molar-refractivity contribution is -0.130. The molecule has 1 amide bonds. The minimum absolute atomic E-state index is 0.109. The van der Waals surface area contributed by atoms with E-state index in [9.17, 15) is 4.79 Å². The van der Waals surface area contributed by atoms with E-state index in [1.54, 1.807) is 14.2 Å². The molecular formula is C21H24N2O4. The Hall–Kier alpha value is -3.02. The smallest absolute Gasteiger partial charge is 0.240 e. The number of benzene rings is 2. The van der Waals surface area contributed by atoms with Crippen molar-refractivity contribution in [3.63, 3.8) is 0 Å². The summed E-state index contributed by atoms with van der Waals surface area (Å²) in [4.78, 5) is 12.2. The first-order valence-corrected chi connectivity index (χ1v) is 8.89. The first-order valence-electron chi connectivity index (χ1n) is 8.89. The molecule has 142 valence electrons. The summed E-state index contributed by atoms with van der Waals surface area (Å²) in [7, 11) is 3.22. The molecule has 2 aromatic carbocycles. The molecule has 6 nitrogen and oxygen atoms in total. The summed E-state index contributed by atoms with van der Waals surface area (Å²) in [6.07, 6.45) is 0.615. The van der Waals surface area contributed by atoms with E-state index in [-0.39, 0.29) is 11.9 Å². The minimum atomic E-state index is -0.201. The summed E-state index contributed by atoms with van der Waals surface area (Å²) in [5.74, 6) is 2.07. The first kappa shape index (κ1) is 18.8. The highest BCUT2D eigenvalue weighted by Gasteiger charge is 2.32. The summed E-state index contributed by atoms with van der Waals surface area (Å²) in [6.45, 7) is 4.10. The highest BCUT2D eigenvalue weighted by molar-refractivity contribution is 6.03. The van der Waals surface area contributed by atoms with Crippen LogP contribution in [0.5, 0.6) is 17.2 Å². The van der Waals surface area contributed by atoms with Gasteiger partial charge in [0.25, 0.3) is 0 Å². The molecule has 0 saturated heterocycles. The molecule has 0 unspecified atom stereocenters. The predicted octanol–water partition coefficient (Wildman–Crippen LogP) is 3.80. The molecule has 27 heavy (non-hydrogen) atoms. The number of amides is 1. The monoisotopic (exact) mass is 368 g/mol.